The fraction of sp³-hybridized carbons (Fsp3) is 0.286. The van der Waals surface area contributed by atoms with E-state index in [1.165, 1.54) is 28.6 Å². The van der Waals surface area contributed by atoms with Gasteiger partial charge in [0.15, 0.2) is 0 Å². The highest BCUT2D eigenvalue weighted by atomic mass is 32.2. The number of hydrogen-bond donors (Lipinski definition) is 0. The molecule has 1 aromatic heterocycles. The van der Waals surface area contributed by atoms with Crippen molar-refractivity contribution in [2.45, 2.75) is 11.4 Å². The first-order valence-corrected chi connectivity index (χ1v) is 11.9. The maximum Gasteiger partial charge on any atom is 0.246 e. The number of sulfonamides is 1. The average Bonchev–Trinajstić information content (AvgIpc) is 3.23. The van der Waals surface area contributed by atoms with Gasteiger partial charge in [0, 0.05) is 43.7 Å². The molecular formula is C21H22FN3O3S2. The summed E-state index contributed by atoms with van der Waals surface area (Å²) < 4.78 is 46.1. The van der Waals surface area contributed by atoms with Gasteiger partial charge in [-0.05, 0) is 24.3 Å². The Kier molecular flexibility index (Phi) is 6.14. The van der Waals surface area contributed by atoms with Gasteiger partial charge in [-0.2, -0.15) is 4.31 Å². The van der Waals surface area contributed by atoms with Gasteiger partial charge in [0.25, 0.3) is 0 Å². The maximum atomic E-state index is 14.0. The van der Waals surface area contributed by atoms with E-state index in [-0.39, 0.29) is 4.90 Å². The van der Waals surface area contributed by atoms with Crippen LogP contribution >= 0.6 is 11.3 Å². The van der Waals surface area contributed by atoms with Crippen molar-refractivity contribution in [2.75, 3.05) is 33.3 Å². The molecule has 2 aromatic carbocycles. The van der Waals surface area contributed by atoms with Crippen LogP contribution in [0.2, 0.25) is 0 Å². The van der Waals surface area contributed by atoms with Crippen LogP contribution < -0.4 is 4.74 Å². The molecule has 0 atom stereocenters. The Balaban J connectivity index is 1.39. The van der Waals surface area contributed by atoms with Crippen molar-refractivity contribution in [3.8, 4) is 16.3 Å². The Hall–Kier alpha value is -2.33. The lowest BCUT2D eigenvalue weighted by molar-refractivity contribution is 0.180. The molecule has 0 aliphatic carbocycles. The van der Waals surface area contributed by atoms with Gasteiger partial charge in [-0.15, -0.1) is 11.3 Å². The Morgan fingerprint density at radius 2 is 1.87 bits per heavy atom. The fourth-order valence-electron chi connectivity index (χ4n) is 3.42. The topological polar surface area (TPSA) is 62.7 Å². The minimum atomic E-state index is -3.82. The summed E-state index contributed by atoms with van der Waals surface area (Å²) in [5.41, 5.74) is 1.95. The zero-order valence-corrected chi connectivity index (χ0v) is 18.1. The Labute approximate surface area is 179 Å². The number of halogens is 1. The largest absolute Gasteiger partial charge is 0.497 e. The van der Waals surface area contributed by atoms with E-state index < -0.39 is 15.8 Å². The minimum absolute atomic E-state index is 0.263. The van der Waals surface area contributed by atoms with Crippen molar-refractivity contribution in [1.29, 1.82) is 0 Å². The lowest BCUT2D eigenvalue weighted by Gasteiger charge is -2.33. The fourth-order valence-corrected chi connectivity index (χ4v) is 5.71. The van der Waals surface area contributed by atoms with Crippen molar-refractivity contribution in [3.05, 3.63) is 65.4 Å². The van der Waals surface area contributed by atoms with E-state index in [2.05, 4.69) is 4.90 Å². The smallest absolute Gasteiger partial charge is 0.246 e. The van der Waals surface area contributed by atoms with Gasteiger partial charge in [-0.3, -0.25) is 4.90 Å². The van der Waals surface area contributed by atoms with E-state index in [1.807, 2.05) is 29.6 Å². The number of methoxy groups -OCH3 is 1. The van der Waals surface area contributed by atoms with Gasteiger partial charge in [-0.1, -0.05) is 24.3 Å². The SMILES string of the molecule is COc1cccc(-c2nc(CN3CCN(S(=O)(=O)c4ccccc4F)CC3)cs2)c1. The van der Waals surface area contributed by atoms with Crippen LogP contribution in [-0.2, 0) is 16.6 Å². The average molecular weight is 448 g/mol. The van der Waals surface area contributed by atoms with Crippen molar-refractivity contribution >= 4 is 21.4 Å². The van der Waals surface area contributed by atoms with Crippen LogP contribution in [0, 0.1) is 5.82 Å². The molecule has 0 N–H and O–H groups in total. The van der Waals surface area contributed by atoms with Crippen LogP contribution in [0.5, 0.6) is 5.75 Å². The highest BCUT2D eigenvalue weighted by Crippen LogP contribution is 2.27. The van der Waals surface area contributed by atoms with E-state index >= 15 is 0 Å². The van der Waals surface area contributed by atoms with Gasteiger partial charge in [0.2, 0.25) is 10.0 Å². The van der Waals surface area contributed by atoms with Gasteiger partial charge < -0.3 is 4.74 Å². The lowest BCUT2D eigenvalue weighted by Crippen LogP contribution is -2.48. The molecule has 1 saturated heterocycles. The molecule has 0 spiro atoms. The number of nitrogens with zero attached hydrogens (tertiary/aromatic N) is 3. The summed E-state index contributed by atoms with van der Waals surface area (Å²) >= 11 is 1.57. The van der Waals surface area contributed by atoms with E-state index in [1.54, 1.807) is 18.4 Å². The van der Waals surface area contributed by atoms with Crippen LogP contribution in [0.1, 0.15) is 5.69 Å². The number of aromatic nitrogens is 1. The van der Waals surface area contributed by atoms with Gasteiger partial charge in [0.1, 0.15) is 21.5 Å². The van der Waals surface area contributed by atoms with Crippen LogP contribution in [-0.4, -0.2) is 55.9 Å². The molecule has 0 amide bonds. The van der Waals surface area contributed by atoms with Gasteiger partial charge >= 0.3 is 0 Å². The van der Waals surface area contributed by atoms with Crippen LogP contribution in [0.15, 0.2) is 58.8 Å². The molecular weight excluding hydrogens is 425 g/mol. The molecule has 3 aromatic rings. The molecule has 9 heteroatoms. The molecule has 30 heavy (non-hydrogen) atoms. The summed E-state index contributed by atoms with van der Waals surface area (Å²) in [4.78, 5) is 6.62. The molecule has 4 rings (SSSR count). The quantitative estimate of drug-likeness (QED) is 0.579. The predicted molar refractivity (Wildman–Crippen MR) is 115 cm³/mol. The van der Waals surface area contributed by atoms with Crippen LogP contribution in [0.25, 0.3) is 10.6 Å². The Morgan fingerprint density at radius 3 is 2.60 bits per heavy atom. The number of piperazine rings is 1. The first-order chi connectivity index (χ1) is 14.5. The molecule has 1 aliphatic rings. The first-order valence-electron chi connectivity index (χ1n) is 9.53. The second kappa shape index (κ2) is 8.81. The third kappa shape index (κ3) is 4.39. The van der Waals surface area contributed by atoms with Crippen molar-refractivity contribution in [3.63, 3.8) is 0 Å². The van der Waals surface area contributed by atoms with E-state index in [0.29, 0.717) is 32.7 Å². The molecule has 1 aliphatic heterocycles. The number of ether oxygens (including phenoxy) is 1. The standard InChI is InChI=1S/C21H22FN3O3S2/c1-28-18-6-4-5-16(13-18)21-23-17(15-29-21)14-24-9-11-25(12-10-24)30(26,27)20-8-3-2-7-19(20)22/h2-8,13,15H,9-12,14H2,1H3. The summed E-state index contributed by atoms with van der Waals surface area (Å²) in [6.45, 7) is 2.43. The summed E-state index contributed by atoms with van der Waals surface area (Å²) in [6.07, 6.45) is 0. The zero-order valence-electron chi connectivity index (χ0n) is 16.5. The van der Waals surface area contributed by atoms with Crippen LogP contribution in [0.4, 0.5) is 4.39 Å². The number of rotatable bonds is 6. The third-order valence-corrected chi connectivity index (χ3v) is 7.91. The van der Waals surface area contributed by atoms with Gasteiger partial charge in [0.05, 0.1) is 12.8 Å². The molecule has 158 valence electrons. The van der Waals surface area contributed by atoms with Crippen LogP contribution in [0.3, 0.4) is 0 Å². The van der Waals surface area contributed by atoms with Crippen molar-refractivity contribution in [1.82, 2.24) is 14.2 Å². The molecule has 0 saturated carbocycles. The molecule has 1 fully saturated rings. The summed E-state index contributed by atoms with van der Waals surface area (Å²) in [6, 6.07) is 13.3. The maximum absolute atomic E-state index is 14.0. The monoisotopic (exact) mass is 447 g/mol. The van der Waals surface area contributed by atoms with E-state index in [4.69, 9.17) is 9.72 Å². The first kappa shape index (κ1) is 20.9. The van der Waals surface area contributed by atoms with E-state index in [0.717, 1.165) is 22.0 Å². The third-order valence-electron chi connectivity index (χ3n) is 5.04. The second-order valence-electron chi connectivity index (χ2n) is 6.99. The number of benzene rings is 2. The minimum Gasteiger partial charge on any atom is -0.497 e. The highest BCUT2D eigenvalue weighted by molar-refractivity contribution is 7.89. The summed E-state index contributed by atoms with van der Waals surface area (Å²) in [5, 5.41) is 2.95. The molecule has 0 unspecified atom stereocenters. The zero-order chi connectivity index (χ0) is 21.1. The lowest BCUT2D eigenvalue weighted by atomic mass is 10.2. The molecule has 0 radical (unpaired) electrons. The summed E-state index contributed by atoms with van der Waals surface area (Å²) in [7, 11) is -2.18. The number of hydrogen-bond acceptors (Lipinski definition) is 6. The van der Waals surface area contributed by atoms with Crippen molar-refractivity contribution < 1.29 is 17.5 Å². The number of thiazole rings is 1. The molecule has 6 nitrogen and oxygen atoms in total. The summed E-state index contributed by atoms with van der Waals surface area (Å²) in [5.74, 6) is 0.0731. The second-order valence-corrected chi connectivity index (χ2v) is 9.75. The normalized spacial score (nSPS) is 15.9. The van der Waals surface area contributed by atoms with Crippen molar-refractivity contribution in [2.24, 2.45) is 0 Å². The van der Waals surface area contributed by atoms with Gasteiger partial charge in [-0.25, -0.2) is 17.8 Å². The Bertz CT molecular complexity index is 1130. The molecule has 0 bridgehead atoms. The Morgan fingerprint density at radius 1 is 1.10 bits per heavy atom. The highest BCUT2D eigenvalue weighted by Gasteiger charge is 2.30. The molecule has 2 heterocycles. The van der Waals surface area contributed by atoms with E-state index in [9.17, 15) is 12.8 Å². The predicted octanol–water partition coefficient (Wildman–Crippen LogP) is 3.46.